The first kappa shape index (κ1) is 23.7. The molecule has 32 heavy (non-hydrogen) atoms. The molecule has 8 heteroatoms. The highest BCUT2D eigenvalue weighted by molar-refractivity contribution is 5.94. The zero-order chi connectivity index (χ0) is 22.6. The molecule has 0 spiro atoms. The quantitative estimate of drug-likeness (QED) is 0.316. The first-order valence-electron chi connectivity index (χ1n) is 11.1. The van der Waals surface area contributed by atoms with Crippen molar-refractivity contribution in [1.29, 1.82) is 0 Å². The molecule has 0 aromatic heterocycles. The van der Waals surface area contributed by atoms with E-state index in [2.05, 4.69) is 20.9 Å². The van der Waals surface area contributed by atoms with Crippen LogP contribution in [0.25, 0.3) is 0 Å². The number of ether oxygens (including phenoxy) is 1. The van der Waals surface area contributed by atoms with E-state index in [4.69, 9.17) is 9.73 Å². The Labute approximate surface area is 189 Å². The molecule has 172 valence electrons. The van der Waals surface area contributed by atoms with E-state index in [1.807, 2.05) is 37.3 Å². The molecular formula is C24H32FN5O2. The van der Waals surface area contributed by atoms with Crippen molar-refractivity contribution in [3.8, 4) is 0 Å². The Morgan fingerprint density at radius 2 is 1.72 bits per heavy atom. The molecule has 1 aliphatic rings. The molecule has 0 aliphatic carbocycles. The molecule has 1 atom stereocenters. The average Bonchev–Trinajstić information content (AvgIpc) is 2.84. The summed E-state index contributed by atoms with van der Waals surface area (Å²) in [4.78, 5) is 19.3. The number of carbonyl (C=O) groups is 1. The van der Waals surface area contributed by atoms with E-state index in [9.17, 15) is 9.18 Å². The smallest absolute Gasteiger partial charge is 0.251 e. The number of aliphatic imine (C=N–C) groups is 1. The topological polar surface area (TPSA) is 78.0 Å². The number of carbonyl (C=O) groups excluding carboxylic acids is 1. The Kier molecular flexibility index (Phi) is 9.46. The van der Waals surface area contributed by atoms with E-state index in [1.54, 1.807) is 12.1 Å². The number of morpholine rings is 1. The zero-order valence-electron chi connectivity index (χ0n) is 18.5. The number of halogens is 1. The minimum absolute atomic E-state index is 0.0349. The Bertz CT molecular complexity index is 854. The Morgan fingerprint density at radius 3 is 2.41 bits per heavy atom. The van der Waals surface area contributed by atoms with Gasteiger partial charge in [-0.15, -0.1) is 0 Å². The molecule has 2 aromatic carbocycles. The van der Waals surface area contributed by atoms with Crippen molar-refractivity contribution in [3.05, 3.63) is 71.5 Å². The van der Waals surface area contributed by atoms with Gasteiger partial charge in [0.2, 0.25) is 0 Å². The number of rotatable bonds is 9. The summed E-state index contributed by atoms with van der Waals surface area (Å²) in [6, 6.07) is 15.8. The standard InChI is InChI=1S/C24H32FN5O2/c1-2-26-24(28-13-12-27-23(31)20-6-4-3-5-7-20)29-18-22(30-14-16-32-17-15-30)19-8-10-21(25)11-9-19/h3-11,22H,2,12-18H2,1H3,(H,27,31)(H2,26,28,29). The van der Waals surface area contributed by atoms with Gasteiger partial charge in [0.05, 0.1) is 25.8 Å². The van der Waals surface area contributed by atoms with Crippen molar-refractivity contribution >= 4 is 11.9 Å². The maximum Gasteiger partial charge on any atom is 0.251 e. The average molecular weight is 442 g/mol. The zero-order valence-corrected chi connectivity index (χ0v) is 18.5. The molecule has 0 radical (unpaired) electrons. The van der Waals surface area contributed by atoms with Gasteiger partial charge >= 0.3 is 0 Å². The minimum atomic E-state index is -0.245. The lowest BCUT2D eigenvalue weighted by atomic mass is 10.0. The van der Waals surface area contributed by atoms with E-state index in [0.29, 0.717) is 44.4 Å². The van der Waals surface area contributed by atoms with E-state index in [0.717, 1.165) is 25.2 Å². The number of amides is 1. The second-order valence-electron chi connectivity index (χ2n) is 7.48. The van der Waals surface area contributed by atoms with Crippen LogP contribution in [0.5, 0.6) is 0 Å². The fourth-order valence-corrected chi connectivity index (χ4v) is 3.57. The molecule has 1 saturated heterocycles. The van der Waals surface area contributed by atoms with Crippen molar-refractivity contribution in [3.63, 3.8) is 0 Å². The largest absolute Gasteiger partial charge is 0.379 e. The molecule has 1 aliphatic heterocycles. The van der Waals surface area contributed by atoms with Crippen molar-refractivity contribution in [2.45, 2.75) is 13.0 Å². The third-order valence-electron chi connectivity index (χ3n) is 5.25. The summed E-state index contributed by atoms with van der Waals surface area (Å²) in [7, 11) is 0. The Morgan fingerprint density at radius 1 is 1.03 bits per heavy atom. The molecule has 7 nitrogen and oxygen atoms in total. The van der Waals surface area contributed by atoms with Crippen LogP contribution < -0.4 is 16.0 Å². The number of guanidine groups is 1. The van der Waals surface area contributed by atoms with Crippen LogP contribution >= 0.6 is 0 Å². The van der Waals surface area contributed by atoms with Crippen LogP contribution in [0.2, 0.25) is 0 Å². The highest BCUT2D eigenvalue weighted by Crippen LogP contribution is 2.22. The first-order chi connectivity index (χ1) is 15.7. The third kappa shape index (κ3) is 7.32. The van der Waals surface area contributed by atoms with Crippen LogP contribution in [-0.2, 0) is 4.74 Å². The molecule has 0 saturated carbocycles. The number of benzene rings is 2. The van der Waals surface area contributed by atoms with E-state index in [-0.39, 0.29) is 17.8 Å². The van der Waals surface area contributed by atoms with Gasteiger partial charge in [-0.2, -0.15) is 0 Å². The summed E-state index contributed by atoms with van der Waals surface area (Å²) in [6.07, 6.45) is 0. The summed E-state index contributed by atoms with van der Waals surface area (Å²) in [5, 5.41) is 9.41. The first-order valence-corrected chi connectivity index (χ1v) is 11.1. The van der Waals surface area contributed by atoms with Crippen molar-refractivity contribution in [1.82, 2.24) is 20.9 Å². The van der Waals surface area contributed by atoms with Gasteiger partial charge in [0.25, 0.3) is 5.91 Å². The van der Waals surface area contributed by atoms with Gasteiger partial charge < -0.3 is 20.7 Å². The van der Waals surface area contributed by atoms with Crippen LogP contribution in [-0.4, -0.2) is 69.2 Å². The highest BCUT2D eigenvalue weighted by atomic mass is 19.1. The third-order valence-corrected chi connectivity index (χ3v) is 5.25. The van der Waals surface area contributed by atoms with Crippen LogP contribution in [0.3, 0.4) is 0 Å². The Balaban J connectivity index is 1.57. The molecule has 0 bridgehead atoms. The molecule has 3 rings (SSSR count). The maximum atomic E-state index is 13.4. The molecule has 1 amide bonds. The molecule has 1 heterocycles. The van der Waals surface area contributed by atoms with Crippen molar-refractivity contribution in [2.24, 2.45) is 4.99 Å². The summed E-state index contributed by atoms with van der Waals surface area (Å²) in [5.41, 5.74) is 1.67. The summed E-state index contributed by atoms with van der Waals surface area (Å²) < 4.78 is 18.9. The molecule has 1 fully saturated rings. The molecular weight excluding hydrogens is 409 g/mol. The summed E-state index contributed by atoms with van der Waals surface area (Å²) in [5.74, 6) is 0.338. The van der Waals surface area contributed by atoms with Gasteiger partial charge in [0, 0.05) is 38.3 Å². The summed E-state index contributed by atoms with van der Waals surface area (Å²) in [6.45, 7) is 7.26. The van der Waals surface area contributed by atoms with Gasteiger partial charge in [-0.05, 0) is 36.8 Å². The van der Waals surface area contributed by atoms with Gasteiger partial charge in [0.15, 0.2) is 5.96 Å². The fraction of sp³-hybridized carbons (Fsp3) is 0.417. The SMILES string of the molecule is CCNC(=NCC(c1ccc(F)cc1)N1CCOCC1)NCCNC(=O)c1ccccc1. The normalized spacial score (nSPS) is 15.8. The number of nitrogens with one attached hydrogen (secondary N) is 3. The molecule has 3 N–H and O–H groups in total. The lowest BCUT2D eigenvalue weighted by molar-refractivity contribution is 0.0179. The van der Waals surface area contributed by atoms with Crippen LogP contribution in [0, 0.1) is 5.82 Å². The molecule has 2 aromatic rings. The predicted octanol–water partition coefficient (Wildman–Crippen LogP) is 2.18. The van der Waals surface area contributed by atoms with Crippen LogP contribution in [0.15, 0.2) is 59.6 Å². The van der Waals surface area contributed by atoms with Gasteiger partial charge in [-0.1, -0.05) is 30.3 Å². The van der Waals surface area contributed by atoms with Crippen molar-refractivity contribution < 1.29 is 13.9 Å². The summed E-state index contributed by atoms with van der Waals surface area (Å²) >= 11 is 0. The second-order valence-corrected chi connectivity index (χ2v) is 7.48. The second kappa shape index (κ2) is 12.8. The maximum absolute atomic E-state index is 13.4. The predicted molar refractivity (Wildman–Crippen MR) is 124 cm³/mol. The van der Waals surface area contributed by atoms with Crippen LogP contribution in [0.4, 0.5) is 4.39 Å². The van der Waals surface area contributed by atoms with E-state index < -0.39 is 0 Å². The van der Waals surface area contributed by atoms with Gasteiger partial charge in [0.1, 0.15) is 5.82 Å². The minimum Gasteiger partial charge on any atom is -0.379 e. The van der Waals surface area contributed by atoms with E-state index in [1.165, 1.54) is 12.1 Å². The molecule has 1 unspecified atom stereocenters. The van der Waals surface area contributed by atoms with Crippen molar-refractivity contribution in [2.75, 3.05) is 52.5 Å². The monoisotopic (exact) mass is 441 g/mol. The van der Waals surface area contributed by atoms with E-state index >= 15 is 0 Å². The number of nitrogens with zero attached hydrogens (tertiary/aromatic N) is 2. The number of hydrogen-bond donors (Lipinski definition) is 3. The van der Waals surface area contributed by atoms with Gasteiger partial charge in [-0.3, -0.25) is 14.7 Å². The lowest BCUT2D eigenvalue weighted by Gasteiger charge is -2.34. The van der Waals surface area contributed by atoms with Gasteiger partial charge in [-0.25, -0.2) is 4.39 Å². The lowest BCUT2D eigenvalue weighted by Crippen LogP contribution is -2.43. The number of hydrogen-bond acceptors (Lipinski definition) is 4. The fourth-order valence-electron chi connectivity index (χ4n) is 3.57. The Hall–Kier alpha value is -2.97. The van der Waals surface area contributed by atoms with Crippen LogP contribution in [0.1, 0.15) is 28.9 Å². The highest BCUT2D eigenvalue weighted by Gasteiger charge is 2.22.